The molecule has 0 aliphatic carbocycles. The van der Waals surface area contributed by atoms with Crippen molar-refractivity contribution in [2.45, 2.75) is 19.9 Å². The molecule has 1 aromatic heterocycles. The van der Waals surface area contributed by atoms with Gasteiger partial charge in [0.05, 0.1) is 6.61 Å². The van der Waals surface area contributed by atoms with Crippen LogP contribution < -0.4 is 10.1 Å². The lowest BCUT2D eigenvalue weighted by atomic mass is 10.2. The van der Waals surface area contributed by atoms with Crippen molar-refractivity contribution in [3.05, 3.63) is 52.2 Å². The first-order chi connectivity index (χ1) is 8.88. The Morgan fingerprint density at radius 3 is 2.94 bits per heavy atom. The lowest BCUT2D eigenvalue weighted by molar-refractivity contribution is 0.340. The zero-order chi connectivity index (χ0) is 12.6. The van der Waals surface area contributed by atoms with Crippen LogP contribution in [0.25, 0.3) is 0 Å². The third-order valence-corrected chi connectivity index (χ3v) is 3.44. The molecular weight excluding hydrogens is 242 g/mol. The van der Waals surface area contributed by atoms with Gasteiger partial charge in [0.15, 0.2) is 0 Å². The molecule has 2 aromatic rings. The van der Waals surface area contributed by atoms with Gasteiger partial charge in [0.25, 0.3) is 0 Å². The molecule has 1 N–H and O–H groups in total. The van der Waals surface area contributed by atoms with E-state index in [1.165, 1.54) is 11.1 Å². The maximum atomic E-state index is 5.49. The summed E-state index contributed by atoms with van der Waals surface area (Å²) >= 11 is 1.76. The van der Waals surface area contributed by atoms with Crippen molar-refractivity contribution in [2.24, 2.45) is 0 Å². The number of hydrogen-bond donors (Lipinski definition) is 1. The lowest BCUT2D eigenvalue weighted by Crippen LogP contribution is -2.16. The van der Waals surface area contributed by atoms with Crippen molar-refractivity contribution in [1.29, 1.82) is 0 Å². The summed E-state index contributed by atoms with van der Waals surface area (Å²) in [5, 5.41) is 7.79. The molecule has 0 atom stereocenters. The number of nitrogens with one attached hydrogen (secondary N) is 1. The minimum absolute atomic E-state index is 0.717. The molecule has 0 radical (unpaired) electrons. The van der Waals surface area contributed by atoms with Gasteiger partial charge in [-0.15, -0.1) is 0 Å². The van der Waals surface area contributed by atoms with E-state index in [0.29, 0.717) is 0 Å². The van der Waals surface area contributed by atoms with E-state index in [9.17, 15) is 0 Å². The average Bonchev–Trinajstić information content (AvgIpc) is 2.89. The van der Waals surface area contributed by atoms with Crippen LogP contribution in [0.3, 0.4) is 0 Å². The third-order valence-electron chi connectivity index (χ3n) is 2.71. The molecule has 1 aromatic carbocycles. The Labute approximate surface area is 113 Å². The Kier molecular flexibility index (Phi) is 5.24. The molecule has 2 nitrogen and oxygen atoms in total. The van der Waals surface area contributed by atoms with E-state index >= 15 is 0 Å². The number of rotatable bonds is 7. The summed E-state index contributed by atoms with van der Waals surface area (Å²) in [4.78, 5) is 0. The molecule has 0 aliphatic heterocycles. The number of benzene rings is 1. The molecule has 0 spiro atoms. The second kappa shape index (κ2) is 7.19. The molecule has 0 aliphatic rings. The topological polar surface area (TPSA) is 21.3 Å². The molecule has 0 amide bonds. The van der Waals surface area contributed by atoms with Crippen LogP contribution in [0.1, 0.15) is 18.1 Å². The van der Waals surface area contributed by atoms with Gasteiger partial charge >= 0.3 is 0 Å². The van der Waals surface area contributed by atoms with E-state index in [0.717, 1.165) is 31.9 Å². The second-order valence-electron chi connectivity index (χ2n) is 4.14. The van der Waals surface area contributed by atoms with Crippen molar-refractivity contribution in [2.75, 3.05) is 13.2 Å². The molecule has 0 bridgehead atoms. The predicted octanol–water partition coefficient (Wildman–Crippen LogP) is 3.48. The van der Waals surface area contributed by atoms with Crippen LogP contribution in [0.2, 0.25) is 0 Å². The van der Waals surface area contributed by atoms with E-state index in [-0.39, 0.29) is 0 Å². The second-order valence-corrected chi connectivity index (χ2v) is 4.92. The van der Waals surface area contributed by atoms with E-state index in [1.807, 2.05) is 19.1 Å². The standard InChI is InChI=1S/C15H19NOS/c1-2-17-15-5-3-4-14(10-15)11-16-8-6-13-7-9-18-12-13/h3-5,7,9-10,12,16H,2,6,8,11H2,1H3. The number of hydrogen-bond acceptors (Lipinski definition) is 3. The maximum Gasteiger partial charge on any atom is 0.119 e. The zero-order valence-electron chi connectivity index (χ0n) is 10.7. The van der Waals surface area contributed by atoms with Crippen LogP contribution in [-0.4, -0.2) is 13.2 Å². The summed E-state index contributed by atoms with van der Waals surface area (Å²) in [6, 6.07) is 10.4. The van der Waals surface area contributed by atoms with E-state index in [1.54, 1.807) is 11.3 Å². The lowest BCUT2D eigenvalue weighted by Gasteiger charge is -2.07. The molecule has 96 valence electrons. The number of ether oxygens (including phenoxy) is 1. The Bertz CT molecular complexity index is 453. The van der Waals surface area contributed by atoms with Crippen molar-refractivity contribution < 1.29 is 4.74 Å². The van der Waals surface area contributed by atoms with Crippen LogP contribution in [0.4, 0.5) is 0 Å². The maximum absolute atomic E-state index is 5.49. The molecule has 3 heteroatoms. The molecule has 0 unspecified atom stereocenters. The summed E-state index contributed by atoms with van der Waals surface area (Å²) in [5.74, 6) is 0.953. The fourth-order valence-corrected chi connectivity index (χ4v) is 2.52. The first kappa shape index (κ1) is 13.1. The van der Waals surface area contributed by atoms with Crippen LogP contribution in [-0.2, 0) is 13.0 Å². The quantitative estimate of drug-likeness (QED) is 0.770. The van der Waals surface area contributed by atoms with Crippen molar-refractivity contribution in [3.8, 4) is 5.75 Å². The highest BCUT2D eigenvalue weighted by Crippen LogP contribution is 2.13. The SMILES string of the molecule is CCOc1cccc(CNCCc2ccsc2)c1. The van der Waals surface area contributed by atoms with Gasteiger partial charge in [0, 0.05) is 6.54 Å². The minimum atomic E-state index is 0.717. The van der Waals surface area contributed by atoms with Crippen molar-refractivity contribution in [3.63, 3.8) is 0 Å². The van der Waals surface area contributed by atoms with Gasteiger partial charge in [0.2, 0.25) is 0 Å². The smallest absolute Gasteiger partial charge is 0.119 e. The van der Waals surface area contributed by atoms with Gasteiger partial charge < -0.3 is 10.1 Å². The van der Waals surface area contributed by atoms with E-state index in [4.69, 9.17) is 4.74 Å². The zero-order valence-corrected chi connectivity index (χ0v) is 11.5. The van der Waals surface area contributed by atoms with Gasteiger partial charge in [-0.1, -0.05) is 12.1 Å². The summed E-state index contributed by atoms with van der Waals surface area (Å²) in [6.45, 7) is 4.63. The first-order valence-electron chi connectivity index (χ1n) is 6.32. The highest BCUT2D eigenvalue weighted by atomic mass is 32.1. The predicted molar refractivity (Wildman–Crippen MR) is 77.3 cm³/mol. The Morgan fingerprint density at radius 1 is 1.22 bits per heavy atom. The third kappa shape index (κ3) is 4.17. The van der Waals surface area contributed by atoms with Gasteiger partial charge in [-0.2, -0.15) is 11.3 Å². The number of thiophene rings is 1. The van der Waals surface area contributed by atoms with Crippen LogP contribution in [0.15, 0.2) is 41.1 Å². The molecule has 0 saturated heterocycles. The van der Waals surface area contributed by atoms with Crippen LogP contribution >= 0.6 is 11.3 Å². The Hall–Kier alpha value is -1.32. The van der Waals surface area contributed by atoms with Crippen LogP contribution in [0.5, 0.6) is 5.75 Å². The normalized spacial score (nSPS) is 10.5. The highest BCUT2D eigenvalue weighted by molar-refractivity contribution is 7.07. The van der Waals surface area contributed by atoms with Crippen molar-refractivity contribution in [1.82, 2.24) is 5.32 Å². The summed E-state index contributed by atoms with van der Waals surface area (Å²) in [5.41, 5.74) is 2.68. The Balaban J connectivity index is 1.74. The van der Waals surface area contributed by atoms with Gasteiger partial charge in [-0.25, -0.2) is 0 Å². The van der Waals surface area contributed by atoms with Gasteiger partial charge in [-0.3, -0.25) is 0 Å². The molecule has 1 heterocycles. The average molecular weight is 261 g/mol. The largest absolute Gasteiger partial charge is 0.494 e. The monoisotopic (exact) mass is 261 g/mol. The van der Waals surface area contributed by atoms with E-state index < -0.39 is 0 Å². The molecule has 2 rings (SSSR count). The summed E-state index contributed by atoms with van der Waals surface area (Å²) in [6.07, 6.45) is 1.09. The highest BCUT2D eigenvalue weighted by Gasteiger charge is 1.97. The molecule has 18 heavy (non-hydrogen) atoms. The minimum Gasteiger partial charge on any atom is -0.494 e. The van der Waals surface area contributed by atoms with Gasteiger partial charge in [0.1, 0.15) is 5.75 Å². The summed E-state index contributed by atoms with van der Waals surface area (Å²) < 4.78 is 5.49. The molecular formula is C15H19NOS. The fourth-order valence-electron chi connectivity index (χ4n) is 1.81. The van der Waals surface area contributed by atoms with Crippen molar-refractivity contribution >= 4 is 11.3 Å². The Morgan fingerprint density at radius 2 is 2.17 bits per heavy atom. The molecule has 0 fully saturated rings. The summed E-state index contributed by atoms with van der Waals surface area (Å²) in [7, 11) is 0. The molecule has 0 saturated carbocycles. The van der Waals surface area contributed by atoms with Crippen LogP contribution in [0, 0.1) is 0 Å². The van der Waals surface area contributed by atoms with E-state index in [2.05, 4.69) is 34.3 Å². The first-order valence-corrected chi connectivity index (χ1v) is 7.26. The fraction of sp³-hybridized carbons (Fsp3) is 0.333. The van der Waals surface area contributed by atoms with Gasteiger partial charge in [-0.05, 0) is 60.0 Å².